The average Bonchev–Trinajstić information content (AvgIpc) is 3.05. The number of oxazole rings is 1. The van der Waals surface area contributed by atoms with E-state index in [4.69, 9.17) is 10.2 Å². The lowest BCUT2D eigenvalue weighted by Crippen LogP contribution is -2.18. The van der Waals surface area contributed by atoms with Crippen LogP contribution in [0.4, 0.5) is 20.4 Å². The molecular formula is C17H14F2N4O4S. The molecule has 0 aliphatic rings. The molecule has 1 amide bonds. The zero-order chi connectivity index (χ0) is 20.5. The smallest absolute Gasteiger partial charge is 0.273 e. The molecule has 146 valence electrons. The van der Waals surface area contributed by atoms with Crippen molar-refractivity contribution >= 4 is 27.5 Å². The van der Waals surface area contributed by atoms with E-state index in [1.54, 1.807) is 0 Å². The Morgan fingerprint density at radius 2 is 1.71 bits per heavy atom. The van der Waals surface area contributed by atoms with E-state index in [0.717, 1.165) is 12.1 Å². The van der Waals surface area contributed by atoms with Gasteiger partial charge >= 0.3 is 0 Å². The quantitative estimate of drug-likeness (QED) is 0.575. The summed E-state index contributed by atoms with van der Waals surface area (Å²) in [6, 6.07) is 8.63. The van der Waals surface area contributed by atoms with Gasteiger partial charge in [-0.25, -0.2) is 26.9 Å². The van der Waals surface area contributed by atoms with Crippen molar-refractivity contribution in [2.75, 3.05) is 12.4 Å². The van der Waals surface area contributed by atoms with Gasteiger partial charge in [0.25, 0.3) is 5.91 Å². The van der Waals surface area contributed by atoms with Gasteiger partial charge in [-0.1, -0.05) is 6.07 Å². The third-order valence-electron chi connectivity index (χ3n) is 3.73. The molecule has 3 aromatic rings. The molecular weight excluding hydrogens is 394 g/mol. The number of sulfonamides is 1. The van der Waals surface area contributed by atoms with E-state index < -0.39 is 39.0 Å². The van der Waals surface area contributed by atoms with E-state index in [2.05, 4.69) is 15.0 Å². The van der Waals surface area contributed by atoms with E-state index in [1.807, 2.05) is 0 Å². The highest BCUT2D eigenvalue weighted by molar-refractivity contribution is 7.89. The minimum Gasteiger partial charge on any atom is -0.419 e. The second-order valence-electron chi connectivity index (χ2n) is 5.51. The molecule has 0 unspecified atom stereocenters. The van der Waals surface area contributed by atoms with Crippen LogP contribution in [0.2, 0.25) is 0 Å². The van der Waals surface area contributed by atoms with Gasteiger partial charge in [0.2, 0.25) is 21.8 Å². The molecule has 1 heterocycles. The zero-order valence-electron chi connectivity index (χ0n) is 14.4. The van der Waals surface area contributed by atoms with Gasteiger partial charge in [-0.2, -0.15) is 0 Å². The Morgan fingerprint density at radius 1 is 1.11 bits per heavy atom. The Labute approximate surface area is 158 Å². The van der Waals surface area contributed by atoms with Gasteiger partial charge in [0.05, 0.1) is 4.90 Å². The maximum atomic E-state index is 14.0. The largest absolute Gasteiger partial charge is 0.419 e. The van der Waals surface area contributed by atoms with E-state index in [0.29, 0.717) is 5.69 Å². The highest BCUT2D eigenvalue weighted by atomic mass is 32.2. The number of hydrogen-bond donors (Lipinski definition) is 3. The third-order valence-corrected chi connectivity index (χ3v) is 5.16. The molecule has 0 bridgehead atoms. The van der Waals surface area contributed by atoms with Gasteiger partial charge in [-0.15, -0.1) is 0 Å². The number of nitrogens with two attached hydrogens (primary N) is 1. The number of anilines is 2. The highest BCUT2D eigenvalue weighted by Crippen LogP contribution is 2.31. The second-order valence-corrected chi connectivity index (χ2v) is 7.40. The van der Waals surface area contributed by atoms with Crippen LogP contribution in [0.15, 0.2) is 51.8 Å². The van der Waals surface area contributed by atoms with Crippen LogP contribution in [-0.4, -0.2) is 26.4 Å². The molecule has 11 heteroatoms. The van der Waals surface area contributed by atoms with Crippen LogP contribution < -0.4 is 15.8 Å². The van der Waals surface area contributed by atoms with Crippen LogP contribution in [0.25, 0.3) is 11.5 Å². The first kappa shape index (κ1) is 19.5. The van der Waals surface area contributed by atoms with Gasteiger partial charge in [0.1, 0.15) is 17.2 Å². The number of carbonyl (C=O) groups excluding carboxylic acids is 1. The van der Waals surface area contributed by atoms with E-state index in [9.17, 15) is 22.0 Å². The first-order valence-corrected chi connectivity index (χ1v) is 9.27. The molecule has 0 spiro atoms. The van der Waals surface area contributed by atoms with Gasteiger partial charge in [0, 0.05) is 5.69 Å². The summed E-state index contributed by atoms with van der Waals surface area (Å²) in [5.74, 6) is -3.55. The zero-order valence-corrected chi connectivity index (χ0v) is 15.2. The fourth-order valence-electron chi connectivity index (χ4n) is 2.35. The van der Waals surface area contributed by atoms with Crippen molar-refractivity contribution in [3.8, 4) is 11.5 Å². The summed E-state index contributed by atoms with van der Waals surface area (Å²) in [6.07, 6.45) is 0. The summed E-state index contributed by atoms with van der Waals surface area (Å²) in [5.41, 5.74) is 4.67. The number of aromatic nitrogens is 1. The van der Waals surface area contributed by atoms with Crippen LogP contribution in [0, 0.1) is 11.6 Å². The molecule has 0 aliphatic carbocycles. The van der Waals surface area contributed by atoms with Crippen molar-refractivity contribution < 1.29 is 26.4 Å². The van der Waals surface area contributed by atoms with Gasteiger partial charge in [-0.05, 0) is 43.4 Å². The molecule has 1 aromatic heterocycles. The summed E-state index contributed by atoms with van der Waals surface area (Å²) in [6.45, 7) is 0. The van der Waals surface area contributed by atoms with Crippen molar-refractivity contribution in [3.63, 3.8) is 0 Å². The Hall–Kier alpha value is -3.31. The van der Waals surface area contributed by atoms with Crippen molar-refractivity contribution in [2.45, 2.75) is 4.90 Å². The number of nitrogens with zero attached hydrogens (tertiary/aromatic N) is 1. The summed E-state index contributed by atoms with van der Waals surface area (Å²) in [5, 5.41) is 2.69. The number of primary amides is 1. The van der Waals surface area contributed by atoms with Crippen molar-refractivity contribution in [3.05, 3.63) is 59.8 Å². The number of rotatable bonds is 6. The predicted molar refractivity (Wildman–Crippen MR) is 96.3 cm³/mol. The minimum absolute atomic E-state index is 0.0161. The monoisotopic (exact) mass is 408 g/mol. The molecule has 28 heavy (non-hydrogen) atoms. The van der Waals surface area contributed by atoms with E-state index in [-0.39, 0.29) is 16.5 Å². The molecule has 0 saturated carbocycles. The number of benzene rings is 2. The standard InChI is InChI=1S/C17H14F2N4O4S/c1-21-28(25,26)10-7-5-9(6-8-10)22-17-14(15(20)24)23-16(27-17)13-11(18)3-2-4-12(13)19/h2-8,21-22H,1H3,(H2,20,24). The van der Waals surface area contributed by atoms with Gasteiger partial charge < -0.3 is 15.5 Å². The number of nitrogens with one attached hydrogen (secondary N) is 2. The summed E-state index contributed by atoms with van der Waals surface area (Å²) >= 11 is 0. The minimum atomic E-state index is -3.62. The van der Waals surface area contributed by atoms with Crippen molar-refractivity contribution in [1.29, 1.82) is 0 Å². The molecule has 0 aliphatic heterocycles. The van der Waals surface area contributed by atoms with E-state index in [1.165, 1.54) is 37.4 Å². The summed E-state index contributed by atoms with van der Waals surface area (Å²) in [7, 11) is -2.35. The number of halogens is 2. The maximum absolute atomic E-state index is 14.0. The molecule has 2 aromatic carbocycles. The summed E-state index contributed by atoms with van der Waals surface area (Å²) in [4.78, 5) is 15.4. The Morgan fingerprint density at radius 3 is 2.25 bits per heavy atom. The fraction of sp³-hybridized carbons (Fsp3) is 0.0588. The lowest BCUT2D eigenvalue weighted by Gasteiger charge is -2.06. The number of carbonyl (C=O) groups is 1. The van der Waals surface area contributed by atoms with Gasteiger partial charge in [-0.3, -0.25) is 4.79 Å². The number of hydrogen-bond acceptors (Lipinski definition) is 6. The van der Waals surface area contributed by atoms with Crippen LogP contribution >= 0.6 is 0 Å². The lowest BCUT2D eigenvalue weighted by molar-refractivity contribution is 0.0996. The Kier molecular flexibility index (Phi) is 5.12. The first-order valence-electron chi connectivity index (χ1n) is 7.78. The predicted octanol–water partition coefficient (Wildman–Crippen LogP) is 2.37. The number of amides is 1. The maximum Gasteiger partial charge on any atom is 0.273 e. The van der Waals surface area contributed by atoms with Crippen molar-refractivity contribution in [2.24, 2.45) is 5.73 Å². The molecule has 8 nitrogen and oxygen atoms in total. The van der Waals surface area contributed by atoms with Gasteiger partial charge in [0.15, 0.2) is 5.69 Å². The SMILES string of the molecule is CNS(=O)(=O)c1ccc(Nc2oc(-c3c(F)cccc3F)nc2C(N)=O)cc1. The Bertz CT molecular complexity index is 1120. The first-order chi connectivity index (χ1) is 13.2. The molecule has 0 radical (unpaired) electrons. The lowest BCUT2D eigenvalue weighted by atomic mass is 10.2. The Balaban J connectivity index is 1.99. The van der Waals surface area contributed by atoms with E-state index >= 15 is 0 Å². The second kappa shape index (κ2) is 7.37. The van der Waals surface area contributed by atoms with Crippen molar-refractivity contribution in [1.82, 2.24) is 9.71 Å². The van der Waals surface area contributed by atoms with Crippen LogP contribution in [0.5, 0.6) is 0 Å². The fourth-order valence-corrected chi connectivity index (χ4v) is 3.08. The third kappa shape index (κ3) is 3.70. The normalized spacial score (nSPS) is 11.4. The molecule has 4 N–H and O–H groups in total. The van der Waals surface area contributed by atoms with Crippen LogP contribution in [0.3, 0.4) is 0 Å². The topological polar surface area (TPSA) is 127 Å². The summed E-state index contributed by atoms with van der Waals surface area (Å²) < 4.78 is 58.9. The molecule has 0 saturated heterocycles. The molecule has 0 atom stereocenters. The molecule has 3 rings (SSSR count). The highest BCUT2D eigenvalue weighted by Gasteiger charge is 2.23. The average molecular weight is 408 g/mol. The van der Waals surface area contributed by atoms with Crippen LogP contribution in [0.1, 0.15) is 10.5 Å². The molecule has 0 fully saturated rings. The van der Waals surface area contributed by atoms with Crippen LogP contribution in [-0.2, 0) is 10.0 Å².